The van der Waals surface area contributed by atoms with E-state index >= 15 is 0 Å². The molecule has 1 amide bonds. The van der Waals surface area contributed by atoms with Gasteiger partial charge in [-0.3, -0.25) is 18.9 Å². The molecule has 1 fully saturated rings. The lowest BCUT2D eigenvalue weighted by atomic mass is 10.0. The Labute approximate surface area is 202 Å². The first-order valence-electron chi connectivity index (χ1n) is 9.62. The van der Waals surface area contributed by atoms with Crippen molar-refractivity contribution < 1.29 is 60.7 Å². The third-order valence-electron chi connectivity index (χ3n) is 4.37. The molecule has 1 aromatic rings. The number of H-pyrrole nitrogens is 1. The second kappa shape index (κ2) is 12.0. The van der Waals surface area contributed by atoms with Crippen molar-refractivity contribution in [3.05, 3.63) is 32.6 Å². The molecular weight excluding hydrogens is 555 g/mol. The van der Waals surface area contributed by atoms with Gasteiger partial charge in [0.1, 0.15) is 11.8 Å². The maximum Gasteiger partial charge on any atom is 0.490 e. The first-order chi connectivity index (χ1) is 16.5. The van der Waals surface area contributed by atoms with Gasteiger partial charge >= 0.3 is 35.3 Å². The van der Waals surface area contributed by atoms with Crippen LogP contribution in [0.5, 0.6) is 0 Å². The van der Waals surface area contributed by atoms with E-state index in [0.717, 1.165) is 17.9 Å². The Kier molecular flexibility index (Phi) is 9.99. The summed E-state index contributed by atoms with van der Waals surface area (Å²) in [6.07, 6.45) is -1.40. The molecule has 0 radical (unpaired) electrons. The van der Waals surface area contributed by atoms with Crippen LogP contribution in [0.15, 0.2) is 15.8 Å². The molecular formula is C15H22N3O15P3. The number of carbonyl (C=O) groups is 1. The van der Waals surface area contributed by atoms with Crippen molar-refractivity contribution in [1.82, 2.24) is 14.9 Å². The van der Waals surface area contributed by atoms with Crippen molar-refractivity contribution in [2.24, 2.45) is 5.92 Å². The number of nitrogens with one attached hydrogen (secondary N) is 2. The van der Waals surface area contributed by atoms with Crippen molar-refractivity contribution in [1.29, 1.82) is 0 Å². The summed E-state index contributed by atoms with van der Waals surface area (Å²) in [7, 11) is -15.4. The lowest BCUT2D eigenvalue weighted by Crippen LogP contribution is -2.33. The van der Waals surface area contributed by atoms with Gasteiger partial charge in [-0.05, 0) is 12.3 Å². The monoisotopic (exact) mass is 577 g/mol. The van der Waals surface area contributed by atoms with Gasteiger partial charge in [0.05, 0.1) is 26.4 Å². The number of aromatic nitrogens is 2. The maximum absolute atomic E-state index is 12.3. The highest BCUT2D eigenvalue weighted by atomic mass is 31.3. The summed E-state index contributed by atoms with van der Waals surface area (Å²) in [4.78, 5) is 73.2. The van der Waals surface area contributed by atoms with Crippen molar-refractivity contribution in [2.75, 3.05) is 20.3 Å². The SMILES string of the molecule is COC(=O)NCC#Cc1cn([C@H]2C[C@@H](C)[C@@H](COP(=O)(O)OP(=O)(O)OP(=O)(O)O)O2)c(=O)[nH]c1=O. The van der Waals surface area contributed by atoms with Gasteiger partial charge in [-0.1, -0.05) is 18.8 Å². The number of rotatable bonds is 9. The fraction of sp³-hybridized carbons (Fsp3) is 0.533. The molecule has 1 aliphatic heterocycles. The largest absolute Gasteiger partial charge is 0.490 e. The van der Waals surface area contributed by atoms with Gasteiger partial charge in [-0.15, -0.1) is 0 Å². The van der Waals surface area contributed by atoms with Crippen molar-refractivity contribution in [2.45, 2.75) is 25.7 Å². The van der Waals surface area contributed by atoms with Crippen LogP contribution in [0.4, 0.5) is 4.79 Å². The predicted molar refractivity (Wildman–Crippen MR) is 116 cm³/mol. The maximum atomic E-state index is 12.3. The second-order valence-electron chi connectivity index (χ2n) is 7.09. The molecule has 2 unspecified atom stereocenters. The summed E-state index contributed by atoms with van der Waals surface area (Å²) in [5, 5.41) is 2.28. The third-order valence-corrected chi connectivity index (χ3v) is 8.17. The Morgan fingerprint density at radius 3 is 2.50 bits per heavy atom. The second-order valence-corrected chi connectivity index (χ2v) is 11.5. The van der Waals surface area contributed by atoms with Crippen LogP contribution in [0.25, 0.3) is 0 Å². The van der Waals surface area contributed by atoms with Crippen molar-refractivity contribution in [3.63, 3.8) is 0 Å². The molecule has 21 heteroatoms. The summed E-state index contributed by atoms with van der Waals surface area (Å²) >= 11 is 0. The molecule has 0 saturated carbocycles. The van der Waals surface area contributed by atoms with E-state index in [0.29, 0.717) is 0 Å². The first kappa shape index (κ1) is 30.1. The molecule has 202 valence electrons. The van der Waals surface area contributed by atoms with Gasteiger partial charge in [0, 0.05) is 6.20 Å². The minimum atomic E-state index is -5.67. The fourth-order valence-electron chi connectivity index (χ4n) is 2.83. The van der Waals surface area contributed by atoms with E-state index in [1.807, 2.05) is 0 Å². The minimum Gasteiger partial charge on any atom is -0.453 e. The zero-order valence-corrected chi connectivity index (χ0v) is 21.2. The molecule has 18 nitrogen and oxygen atoms in total. The number of phosphoric ester groups is 1. The van der Waals surface area contributed by atoms with Crippen LogP contribution in [0.3, 0.4) is 0 Å². The van der Waals surface area contributed by atoms with Crippen LogP contribution in [-0.4, -0.2) is 61.6 Å². The number of nitrogens with zero attached hydrogens (tertiary/aromatic N) is 1. The summed E-state index contributed by atoms with van der Waals surface area (Å²) in [6, 6.07) is 0. The van der Waals surface area contributed by atoms with E-state index < -0.39 is 65.7 Å². The number of alkyl carbamates (subject to hydrolysis) is 1. The molecule has 2 heterocycles. The Morgan fingerprint density at radius 2 is 1.89 bits per heavy atom. The van der Waals surface area contributed by atoms with Gasteiger partial charge in [-0.25, -0.2) is 23.3 Å². The lowest BCUT2D eigenvalue weighted by Gasteiger charge is -2.20. The standard InChI is InChI=1S/C15H22N3O15P3/c1-9-6-12(18-7-10(13(19)17-14(18)20)4-3-5-16-15(21)29-2)31-11(9)8-30-35(25,26)33-36(27,28)32-34(22,23)24/h7,9,11-12H,5-6,8H2,1-2H3,(H,16,21)(H,25,26)(H,27,28)(H,17,19,20)(H2,22,23,24)/t9-,11-,12-/m1/s1. The molecule has 1 aliphatic rings. The zero-order valence-electron chi connectivity index (χ0n) is 18.5. The van der Waals surface area contributed by atoms with Gasteiger partial charge in [0.2, 0.25) is 0 Å². The van der Waals surface area contributed by atoms with E-state index in [1.165, 1.54) is 0 Å². The summed E-state index contributed by atoms with van der Waals surface area (Å²) in [5.41, 5.74) is -1.77. The highest BCUT2D eigenvalue weighted by Gasteiger charge is 2.42. The topological polar surface area (TPSA) is 262 Å². The molecule has 0 aromatic carbocycles. The number of methoxy groups -OCH3 is 1. The summed E-state index contributed by atoms with van der Waals surface area (Å²) in [5.74, 6) is 4.56. The first-order valence-corrected chi connectivity index (χ1v) is 14.1. The highest BCUT2D eigenvalue weighted by Crippen LogP contribution is 2.66. The lowest BCUT2D eigenvalue weighted by molar-refractivity contribution is -0.0308. The fourth-order valence-corrected chi connectivity index (χ4v) is 5.86. The van der Waals surface area contributed by atoms with Gasteiger partial charge in [0.15, 0.2) is 0 Å². The average molecular weight is 577 g/mol. The Hall–Kier alpha value is -2.12. The number of hydrogen-bond acceptors (Lipinski definition) is 11. The van der Waals surface area contributed by atoms with E-state index in [9.17, 15) is 37.9 Å². The number of carbonyl (C=O) groups excluding carboxylic acids is 1. The number of hydrogen-bond donors (Lipinski definition) is 6. The van der Waals surface area contributed by atoms with Crippen molar-refractivity contribution in [3.8, 4) is 11.8 Å². The van der Waals surface area contributed by atoms with Crippen LogP contribution in [0, 0.1) is 17.8 Å². The Bertz CT molecular complexity index is 1290. The van der Waals surface area contributed by atoms with Crippen LogP contribution >= 0.6 is 23.5 Å². The number of aromatic amines is 1. The van der Waals surface area contributed by atoms with Crippen LogP contribution in [0.2, 0.25) is 0 Å². The van der Waals surface area contributed by atoms with E-state index in [2.05, 4.69) is 40.0 Å². The molecule has 6 N–H and O–H groups in total. The Balaban J connectivity index is 2.08. The van der Waals surface area contributed by atoms with E-state index in [-0.39, 0.29) is 18.5 Å². The highest BCUT2D eigenvalue weighted by molar-refractivity contribution is 7.66. The molecule has 2 rings (SSSR count). The molecule has 0 aliphatic carbocycles. The average Bonchev–Trinajstić information content (AvgIpc) is 3.08. The number of ether oxygens (including phenoxy) is 2. The van der Waals surface area contributed by atoms with E-state index in [4.69, 9.17) is 14.5 Å². The molecule has 1 saturated heterocycles. The molecule has 5 atom stereocenters. The number of phosphoric acid groups is 3. The van der Waals surface area contributed by atoms with Gasteiger partial charge in [-0.2, -0.15) is 8.62 Å². The Morgan fingerprint density at radius 1 is 1.22 bits per heavy atom. The smallest absolute Gasteiger partial charge is 0.453 e. The molecule has 0 spiro atoms. The molecule has 1 aromatic heterocycles. The van der Waals surface area contributed by atoms with Gasteiger partial charge in [0.25, 0.3) is 5.56 Å². The molecule has 0 bridgehead atoms. The number of amides is 1. The van der Waals surface area contributed by atoms with Crippen molar-refractivity contribution >= 4 is 29.6 Å². The molecule has 36 heavy (non-hydrogen) atoms. The van der Waals surface area contributed by atoms with Gasteiger partial charge < -0.3 is 34.4 Å². The summed E-state index contributed by atoms with van der Waals surface area (Å²) in [6.45, 7) is 0.775. The van der Waals surface area contributed by atoms with Crippen LogP contribution < -0.4 is 16.6 Å². The van der Waals surface area contributed by atoms with Crippen LogP contribution in [-0.2, 0) is 36.3 Å². The normalized spacial score (nSPS) is 23.1. The summed E-state index contributed by atoms with van der Waals surface area (Å²) < 4.78 is 56.8. The zero-order chi connectivity index (χ0) is 27.3. The third kappa shape index (κ3) is 9.40. The van der Waals surface area contributed by atoms with Crippen LogP contribution in [0.1, 0.15) is 25.1 Å². The minimum absolute atomic E-state index is 0.130. The predicted octanol–water partition coefficient (Wildman–Crippen LogP) is -0.489. The van der Waals surface area contributed by atoms with E-state index in [1.54, 1.807) is 6.92 Å². The quantitative estimate of drug-likeness (QED) is 0.160.